The van der Waals surface area contributed by atoms with E-state index in [1.807, 2.05) is 25.1 Å². The largest absolute Gasteiger partial charge is 0.490 e. The lowest BCUT2D eigenvalue weighted by atomic mass is 10.2. The van der Waals surface area contributed by atoms with Crippen molar-refractivity contribution in [1.82, 2.24) is 14.9 Å². The maximum atomic E-state index is 5.65. The summed E-state index contributed by atoms with van der Waals surface area (Å²) in [6, 6.07) is 5.73. The molecule has 6 heteroatoms. The van der Waals surface area contributed by atoms with E-state index in [4.69, 9.17) is 9.47 Å². The quantitative estimate of drug-likeness (QED) is 0.727. The van der Waals surface area contributed by atoms with Gasteiger partial charge in [0, 0.05) is 0 Å². The molecule has 0 bridgehead atoms. The molecule has 0 N–H and O–H groups in total. The summed E-state index contributed by atoms with van der Waals surface area (Å²) < 4.78 is 12.8. The Balaban J connectivity index is 2.16. The van der Waals surface area contributed by atoms with Gasteiger partial charge in [-0.1, -0.05) is 6.92 Å². The van der Waals surface area contributed by atoms with E-state index in [9.17, 15) is 0 Å². The van der Waals surface area contributed by atoms with Crippen LogP contribution in [0.5, 0.6) is 11.5 Å². The molecule has 0 aliphatic heterocycles. The lowest BCUT2D eigenvalue weighted by Gasteiger charge is -2.11. The Kier molecular flexibility index (Phi) is 5.11. The van der Waals surface area contributed by atoms with E-state index >= 15 is 0 Å². The maximum Gasteiger partial charge on any atom is 0.161 e. The van der Waals surface area contributed by atoms with Gasteiger partial charge in [-0.15, -0.1) is 10.2 Å². The Morgan fingerprint density at radius 3 is 2.65 bits per heavy atom. The zero-order chi connectivity index (χ0) is 14.2. The van der Waals surface area contributed by atoms with Crippen molar-refractivity contribution >= 4 is 6.21 Å². The minimum Gasteiger partial charge on any atom is -0.490 e. The Morgan fingerprint density at radius 1 is 1.15 bits per heavy atom. The molecule has 106 valence electrons. The van der Waals surface area contributed by atoms with Crippen LogP contribution >= 0.6 is 0 Å². The molecule has 0 aliphatic carbocycles. The van der Waals surface area contributed by atoms with E-state index < -0.39 is 0 Å². The third-order valence-corrected chi connectivity index (χ3v) is 2.48. The molecule has 0 spiro atoms. The summed E-state index contributed by atoms with van der Waals surface area (Å²) in [5, 5.41) is 11.6. The summed E-state index contributed by atoms with van der Waals surface area (Å²) in [5.41, 5.74) is 0.922. The molecule has 20 heavy (non-hydrogen) atoms. The Labute approximate surface area is 118 Å². The van der Waals surface area contributed by atoms with Crippen LogP contribution in [0.25, 0.3) is 0 Å². The molecular formula is C14H18N4O2. The highest BCUT2D eigenvalue weighted by Crippen LogP contribution is 2.28. The standard InChI is InChI=1S/C14H18N4O2/c1-3-7-20-13-6-5-12(8-14(13)19-4-2)9-17-18-10-15-16-11-18/h5-6,8-11H,3-4,7H2,1-2H3. The molecule has 0 fully saturated rings. The van der Waals surface area contributed by atoms with Crippen molar-refractivity contribution in [2.45, 2.75) is 20.3 Å². The minimum atomic E-state index is 0.592. The van der Waals surface area contributed by atoms with E-state index in [1.165, 1.54) is 17.3 Å². The molecule has 1 heterocycles. The number of nitrogens with zero attached hydrogens (tertiary/aromatic N) is 4. The minimum absolute atomic E-state index is 0.592. The molecule has 0 saturated heterocycles. The molecule has 0 aliphatic rings. The number of hydrogen-bond acceptors (Lipinski definition) is 5. The fourth-order valence-electron chi connectivity index (χ4n) is 1.59. The number of ether oxygens (including phenoxy) is 2. The average Bonchev–Trinajstić information content (AvgIpc) is 2.98. The molecule has 1 aromatic heterocycles. The van der Waals surface area contributed by atoms with Gasteiger partial charge in [-0.2, -0.15) is 5.10 Å². The highest BCUT2D eigenvalue weighted by molar-refractivity contribution is 5.80. The second-order valence-corrected chi connectivity index (χ2v) is 4.07. The van der Waals surface area contributed by atoms with Gasteiger partial charge in [0.2, 0.25) is 0 Å². The first-order valence-electron chi connectivity index (χ1n) is 6.62. The van der Waals surface area contributed by atoms with Crippen molar-refractivity contribution in [3.8, 4) is 11.5 Å². The van der Waals surface area contributed by atoms with Crippen LogP contribution in [0.1, 0.15) is 25.8 Å². The number of hydrogen-bond donors (Lipinski definition) is 0. The Hall–Kier alpha value is -2.37. The lowest BCUT2D eigenvalue weighted by Crippen LogP contribution is -2.00. The second-order valence-electron chi connectivity index (χ2n) is 4.07. The molecule has 2 aromatic rings. The number of benzene rings is 1. The maximum absolute atomic E-state index is 5.65. The first-order chi connectivity index (χ1) is 9.83. The van der Waals surface area contributed by atoms with Crippen LogP contribution in [0.2, 0.25) is 0 Å². The fourth-order valence-corrected chi connectivity index (χ4v) is 1.59. The highest BCUT2D eigenvalue weighted by Gasteiger charge is 2.05. The summed E-state index contributed by atoms with van der Waals surface area (Å²) in [6.07, 6.45) is 5.73. The van der Waals surface area contributed by atoms with Crippen LogP contribution in [0.4, 0.5) is 0 Å². The number of rotatable bonds is 7. The van der Waals surface area contributed by atoms with Crippen molar-refractivity contribution in [2.24, 2.45) is 5.10 Å². The second kappa shape index (κ2) is 7.28. The Bertz CT molecular complexity index is 552. The van der Waals surface area contributed by atoms with Gasteiger partial charge in [0.25, 0.3) is 0 Å². The molecule has 6 nitrogen and oxygen atoms in total. The van der Waals surface area contributed by atoms with E-state index in [0.29, 0.717) is 13.2 Å². The first-order valence-corrected chi connectivity index (χ1v) is 6.62. The zero-order valence-corrected chi connectivity index (χ0v) is 11.7. The smallest absolute Gasteiger partial charge is 0.161 e. The summed E-state index contributed by atoms with van der Waals surface area (Å²) in [7, 11) is 0. The average molecular weight is 274 g/mol. The third kappa shape index (κ3) is 3.81. The molecule has 0 radical (unpaired) electrons. The first kappa shape index (κ1) is 14.0. The molecule has 2 rings (SSSR count). The van der Waals surface area contributed by atoms with Crippen LogP contribution in [0.15, 0.2) is 36.0 Å². The normalized spacial score (nSPS) is 10.9. The SMILES string of the molecule is CCCOc1ccc(C=Nn2cnnc2)cc1OCC. The molecule has 1 aromatic carbocycles. The summed E-state index contributed by atoms with van der Waals surface area (Å²) in [5.74, 6) is 1.49. The molecule has 0 amide bonds. The predicted octanol–water partition coefficient (Wildman–Crippen LogP) is 2.35. The van der Waals surface area contributed by atoms with Crippen molar-refractivity contribution in [2.75, 3.05) is 13.2 Å². The van der Waals surface area contributed by atoms with E-state index in [1.54, 1.807) is 6.21 Å². The monoisotopic (exact) mass is 274 g/mol. The van der Waals surface area contributed by atoms with E-state index in [-0.39, 0.29) is 0 Å². The van der Waals surface area contributed by atoms with Crippen molar-refractivity contribution < 1.29 is 9.47 Å². The van der Waals surface area contributed by atoms with Gasteiger partial charge in [0.05, 0.1) is 19.4 Å². The van der Waals surface area contributed by atoms with Crippen LogP contribution in [0.3, 0.4) is 0 Å². The highest BCUT2D eigenvalue weighted by atomic mass is 16.5. The predicted molar refractivity (Wildman–Crippen MR) is 76.4 cm³/mol. The molecule has 0 saturated carbocycles. The third-order valence-electron chi connectivity index (χ3n) is 2.48. The van der Waals surface area contributed by atoms with Gasteiger partial charge in [0.15, 0.2) is 11.5 Å². The van der Waals surface area contributed by atoms with Crippen molar-refractivity contribution in [3.05, 3.63) is 36.4 Å². The van der Waals surface area contributed by atoms with Crippen LogP contribution in [0, 0.1) is 0 Å². The van der Waals surface area contributed by atoms with Crippen LogP contribution in [-0.4, -0.2) is 34.3 Å². The molecule has 0 atom stereocenters. The number of aromatic nitrogens is 3. The van der Waals surface area contributed by atoms with E-state index in [0.717, 1.165) is 23.5 Å². The topological polar surface area (TPSA) is 61.5 Å². The van der Waals surface area contributed by atoms with Gasteiger partial charge < -0.3 is 9.47 Å². The van der Waals surface area contributed by atoms with Gasteiger partial charge in [-0.3, -0.25) is 0 Å². The van der Waals surface area contributed by atoms with Crippen LogP contribution in [-0.2, 0) is 0 Å². The van der Waals surface area contributed by atoms with Crippen LogP contribution < -0.4 is 9.47 Å². The van der Waals surface area contributed by atoms with Crippen molar-refractivity contribution in [3.63, 3.8) is 0 Å². The van der Waals surface area contributed by atoms with Crippen molar-refractivity contribution in [1.29, 1.82) is 0 Å². The van der Waals surface area contributed by atoms with Gasteiger partial charge in [0.1, 0.15) is 12.7 Å². The summed E-state index contributed by atoms with van der Waals surface area (Å²) in [6.45, 7) is 5.28. The summed E-state index contributed by atoms with van der Waals surface area (Å²) >= 11 is 0. The van der Waals surface area contributed by atoms with Gasteiger partial charge in [-0.25, -0.2) is 4.68 Å². The summed E-state index contributed by atoms with van der Waals surface area (Å²) in [4.78, 5) is 0. The van der Waals surface area contributed by atoms with Gasteiger partial charge >= 0.3 is 0 Å². The lowest BCUT2D eigenvalue weighted by molar-refractivity contribution is 0.277. The van der Waals surface area contributed by atoms with Gasteiger partial charge in [-0.05, 0) is 37.1 Å². The van der Waals surface area contributed by atoms with E-state index in [2.05, 4.69) is 22.2 Å². The Morgan fingerprint density at radius 2 is 1.95 bits per heavy atom. The molecule has 0 unspecified atom stereocenters. The molecular weight excluding hydrogens is 256 g/mol. The fraction of sp³-hybridized carbons (Fsp3) is 0.357. The zero-order valence-electron chi connectivity index (χ0n) is 11.7.